The second-order valence-electron chi connectivity index (χ2n) is 4.18. The van der Waals surface area contributed by atoms with Gasteiger partial charge in [0.15, 0.2) is 6.29 Å². The molecule has 88 valence electrons. The van der Waals surface area contributed by atoms with Crippen LogP contribution in [0.1, 0.15) is 47.8 Å². The van der Waals surface area contributed by atoms with Crippen LogP contribution in [0.3, 0.4) is 0 Å². The van der Waals surface area contributed by atoms with Crippen molar-refractivity contribution in [3.63, 3.8) is 0 Å². The highest BCUT2D eigenvalue weighted by molar-refractivity contribution is 5.73. The second-order valence-corrected chi connectivity index (χ2v) is 4.18. The highest BCUT2D eigenvalue weighted by Gasteiger charge is 2.27. The van der Waals surface area contributed by atoms with E-state index in [1.54, 1.807) is 7.11 Å². The largest absolute Gasteiger partial charge is 0.385 e. The number of carbonyl (C=O) groups is 1. The molecule has 1 aliphatic rings. The number of aldehydes is 1. The average molecular weight is 223 g/mol. The summed E-state index contributed by atoms with van der Waals surface area (Å²) in [5, 5.41) is 7.96. The van der Waals surface area contributed by atoms with Gasteiger partial charge in [0.1, 0.15) is 5.69 Å². The van der Waals surface area contributed by atoms with Crippen LogP contribution in [0.25, 0.3) is 0 Å². The van der Waals surface area contributed by atoms with Crippen molar-refractivity contribution < 1.29 is 9.53 Å². The summed E-state index contributed by atoms with van der Waals surface area (Å²) in [6.45, 7) is 1.49. The summed E-state index contributed by atoms with van der Waals surface area (Å²) >= 11 is 0. The van der Waals surface area contributed by atoms with Gasteiger partial charge in [-0.05, 0) is 19.3 Å². The maximum Gasteiger partial charge on any atom is 0.172 e. The minimum absolute atomic E-state index is 0.484. The average Bonchev–Trinajstić information content (AvgIpc) is 2.60. The Bertz CT molecular complexity index is 358. The first-order valence-corrected chi connectivity index (χ1v) is 5.74. The molecule has 0 amide bonds. The number of aryl methyl sites for hydroxylation is 1. The molecule has 0 N–H and O–H groups in total. The molecule has 5 nitrogen and oxygen atoms in total. The first kappa shape index (κ1) is 11.3. The Labute approximate surface area is 94.8 Å². The van der Waals surface area contributed by atoms with Gasteiger partial charge in [-0.15, -0.1) is 5.10 Å². The topological polar surface area (TPSA) is 57.0 Å². The van der Waals surface area contributed by atoms with Gasteiger partial charge < -0.3 is 4.74 Å². The van der Waals surface area contributed by atoms with E-state index in [0.29, 0.717) is 18.2 Å². The standard InChI is InChI=1S/C11H17N3O2/c1-16-7-3-6-14-11(9-4-2-5-9)10(8-15)12-13-14/h8-9H,2-7H2,1H3. The Morgan fingerprint density at radius 3 is 2.94 bits per heavy atom. The summed E-state index contributed by atoms with van der Waals surface area (Å²) < 4.78 is 6.87. The summed E-state index contributed by atoms with van der Waals surface area (Å²) in [5.74, 6) is 0.484. The molecule has 0 radical (unpaired) electrons. The number of carbonyl (C=O) groups excluding carboxylic acids is 1. The van der Waals surface area contributed by atoms with Crippen molar-refractivity contribution in [2.24, 2.45) is 0 Å². The molecule has 1 aliphatic carbocycles. The van der Waals surface area contributed by atoms with Crippen LogP contribution in [-0.2, 0) is 11.3 Å². The van der Waals surface area contributed by atoms with Crippen LogP contribution in [0.5, 0.6) is 0 Å². The van der Waals surface area contributed by atoms with Gasteiger partial charge in [0.25, 0.3) is 0 Å². The molecule has 0 atom stereocenters. The minimum atomic E-state index is 0.484. The third-order valence-electron chi connectivity index (χ3n) is 3.12. The van der Waals surface area contributed by atoms with E-state index in [1.165, 1.54) is 6.42 Å². The van der Waals surface area contributed by atoms with E-state index in [4.69, 9.17) is 4.74 Å². The summed E-state index contributed by atoms with van der Waals surface area (Å²) in [6.07, 6.45) is 5.26. The van der Waals surface area contributed by atoms with Crippen molar-refractivity contribution in [1.29, 1.82) is 0 Å². The Morgan fingerprint density at radius 2 is 2.38 bits per heavy atom. The molecule has 0 saturated heterocycles. The van der Waals surface area contributed by atoms with Crippen molar-refractivity contribution in [3.05, 3.63) is 11.4 Å². The normalized spacial score (nSPS) is 16.1. The molecule has 0 aliphatic heterocycles. The number of hydrogen-bond acceptors (Lipinski definition) is 4. The predicted molar refractivity (Wildman–Crippen MR) is 58.5 cm³/mol. The van der Waals surface area contributed by atoms with E-state index < -0.39 is 0 Å². The number of nitrogens with zero attached hydrogens (tertiary/aromatic N) is 3. The Balaban J connectivity index is 2.10. The van der Waals surface area contributed by atoms with Gasteiger partial charge in [0, 0.05) is 26.2 Å². The minimum Gasteiger partial charge on any atom is -0.385 e. The number of rotatable bonds is 6. The first-order valence-electron chi connectivity index (χ1n) is 5.74. The molecular formula is C11H17N3O2. The van der Waals surface area contributed by atoms with Crippen molar-refractivity contribution in [2.75, 3.05) is 13.7 Å². The SMILES string of the molecule is COCCCn1nnc(C=O)c1C1CCC1. The van der Waals surface area contributed by atoms with E-state index >= 15 is 0 Å². The number of methoxy groups -OCH3 is 1. The Morgan fingerprint density at radius 1 is 1.56 bits per heavy atom. The third kappa shape index (κ3) is 2.14. The summed E-state index contributed by atoms with van der Waals surface area (Å²) in [5.41, 5.74) is 1.54. The number of aromatic nitrogens is 3. The maximum atomic E-state index is 10.9. The number of hydrogen-bond donors (Lipinski definition) is 0. The van der Waals surface area contributed by atoms with Crippen LogP contribution in [-0.4, -0.2) is 35.0 Å². The van der Waals surface area contributed by atoms with Gasteiger partial charge in [-0.3, -0.25) is 4.79 Å². The fourth-order valence-corrected chi connectivity index (χ4v) is 2.04. The lowest BCUT2D eigenvalue weighted by atomic mass is 9.82. The molecule has 0 unspecified atom stereocenters. The molecule has 1 aromatic rings. The number of ether oxygens (including phenoxy) is 1. The molecule has 1 aromatic heterocycles. The van der Waals surface area contributed by atoms with Crippen LogP contribution in [0.4, 0.5) is 0 Å². The fourth-order valence-electron chi connectivity index (χ4n) is 2.04. The summed E-state index contributed by atoms with van der Waals surface area (Å²) in [7, 11) is 1.69. The Kier molecular flexibility index (Phi) is 3.66. The second kappa shape index (κ2) is 5.21. The molecular weight excluding hydrogens is 206 g/mol. The summed E-state index contributed by atoms with van der Waals surface area (Å²) in [4.78, 5) is 10.9. The molecule has 0 spiro atoms. The van der Waals surface area contributed by atoms with Gasteiger partial charge >= 0.3 is 0 Å². The van der Waals surface area contributed by atoms with Crippen LogP contribution < -0.4 is 0 Å². The fraction of sp³-hybridized carbons (Fsp3) is 0.727. The van der Waals surface area contributed by atoms with Gasteiger partial charge in [0.05, 0.1) is 5.69 Å². The van der Waals surface area contributed by atoms with Crippen molar-refractivity contribution in [3.8, 4) is 0 Å². The molecule has 2 rings (SSSR count). The van der Waals surface area contributed by atoms with Crippen molar-refractivity contribution in [2.45, 2.75) is 38.1 Å². The molecule has 5 heteroatoms. The first-order chi connectivity index (χ1) is 7.86. The summed E-state index contributed by atoms with van der Waals surface area (Å²) in [6, 6.07) is 0. The maximum absolute atomic E-state index is 10.9. The highest BCUT2D eigenvalue weighted by Crippen LogP contribution is 2.37. The lowest BCUT2D eigenvalue weighted by molar-refractivity contribution is 0.111. The quantitative estimate of drug-likeness (QED) is 0.540. The van der Waals surface area contributed by atoms with Gasteiger partial charge in [-0.25, -0.2) is 4.68 Å². The van der Waals surface area contributed by atoms with E-state index in [9.17, 15) is 4.79 Å². The predicted octanol–water partition coefficient (Wildman–Crippen LogP) is 1.39. The zero-order chi connectivity index (χ0) is 11.4. The van der Waals surface area contributed by atoms with Crippen LogP contribution >= 0.6 is 0 Å². The van der Waals surface area contributed by atoms with E-state index in [-0.39, 0.29) is 0 Å². The van der Waals surface area contributed by atoms with Crippen LogP contribution in [0.2, 0.25) is 0 Å². The molecule has 0 bridgehead atoms. The lowest BCUT2D eigenvalue weighted by Crippen LogP contribution is -2.17. The molecule has 16 heavy (non-hydrogen) atoms. The molecule has 1 fully saturated rings. The van der Waals surface area contributed by atoms with Crippen molar-refractivity contribution >= 4 is 6.29 Å². The molecule has 0 aromatic carbocycles. The van der Waals surface area contributed by atoms with E-state index in [2.05, 4.69) is 10.3 Å². The molecule has 1 saturated carbocycles. The monoisotopic (exact) mass is 223 g/mol. The van der Waals surface area contributed by atoms with Gasteiger partial charge in [-0.1, -0.05) is 11.6 Å². The van der Waals surface area contributed by atoms with E-state index in [0.717, 1.165) is 37.8 Å². The van der Waals surface area contributed by atoms with Crippen LogP contribution in [0, 0.1) is 0 Å². The zero-order valence-electron chi connectivity index (χ0n) is 9.56. The van der Waals surface area contributed by atoms with Gasteiger partial charge in [-0.2, -0.15) is 0 Å². The highest BCUT2D eigenvalue weighted by atomic mass is 16.5. The lowest BCUT2D eigenvalue weighted by Gasteiger charge is -2.26. The third-order valence-corrected chi connectivity index (χ3v) is 3.12. The zero-order valence-corrected chi connectivity index (χ0v) is 9.56. The Hall–Kier alpha value is -1.23. The van der Waals surface area contributed by atoms with E-state index in [1.807, 2.05) is 4.68 Å². The molecule has 1 heterocycles. The van der Waals surface area contributed by atoms with Crippen LogP contribution in [0.15, 0.2) is 0 Å². The smallest absolute Gasteiger partial charge is 0.172 e. The van der Waals surface area contributed by atoms with Crippen molar-refractivity contribution in [1.82, 2.24) is 15.0 Å². The van der Waals surface area contributed by atoms with Gasteiger partial charge in [0.2, 0.25) is 0 Å².